The molecule has 1 aliphatic rings. The summed E-state index contributed by atoms with van der Waals surface area (Å²) in [6.07, 6.45) is 14.6. The van der Waals surface area contributed by atoms with Crippen LogP contribution >= 0.6 is 0 Å². The van der Waals surface area contributed by atoms with Gasteiger partial charge < -0.3 is 4.57 Å². The maximum Gasteiger partial charge on any atom is 0.206 e. The second kappa shape index (κ2) is 8.16. The van der Waals surface area contributed by atoms with E-state index >= 15 is 0 Å². The third kappa shape index (κ3) is 3.62. The van der Waals surface area contributed by atoms with Crippen LogP contribution in [0.1, 0.15) is 55.2 Å². The number of aromatic nitrogens is 3. The van der Waals surface area contributed by atoms with Crippen molar-refractivity contribution in [2.75, 3.05) is 0 Å². The van der Waals surface area contributed by atoms with Crippen molar-refractivity contribution in [3.63, 3.8) is 0 Å². The third-order valence-corrected chi connectivity index (χ3v) is 6.17. The molecule has 148 valence electrons. The fraction of sp³-hybridized carbons (Fsp3) is 0.259. The van der Waals surface area contributed by atoms with Gasteiger partial charge in [0.2, 0.25) is 5.82 Å². The molecule has 0 amide bonds. The molecule has 2 heterocycles. The van der Waals surface area contributed by atoms with Crippen molar-refractivity contribution >= 4 is 11.0 Å². The molecular weight excluding hydrogens is 366 g/mol. The smallest absolute Gasteiger partial charge is 0.206 e. The van der Waals surface area contributed by atoms with Gasteiger partial charge in [-0.1, -0.05) is 73.9 Å². The van der Waals surface area contributed by atoms with Gasteiger partial charge in [-0.15, -0.1) is 6.42 Å². The molecule has 2 aromatic heterocycles. The van der Waals surface area contributed by atoms with Crippen molar-refractivity contribution < 1.29 is 0 Å². The summed E-state index contributed by atoms with van der Waals surface area (Å²) in [5.74, 6) is 3.06. The summed E-state index contributed by atoms with van der Waals surface area (Å²) in [5.41, 5.74) is 6.09. The Morgan fingerprint density at radius 2 is 1.67 bits per heavy atom. The normalized spacial score (nSPS) is 14.6. The third-order valence-electron chi connectivity index (χ3n) is 6.17. The molecule has 2 aromatic carbocycles. The van der Waals surface area contributed by atoms with E-state index in [0.717, 1.165) is 17.5 Å². The minimum atomic E-state index is 0.469. The zero-order chi connectivity index (χ0) is 20.3. The van der Waals surface area contributed by atoms with E-state index in [-0.39, 0.29) is 0 Å². The highest BCUT2D eigenvalue weighted by Crippen LogP contribution is 2.34. The van der Waals surface area contributed by atoms with Crippen LogP contribution in [0.5, 0.6) is 0 Å². The summed E-state index contributed by atoms with van der Waals surface area (Å²) in [7, 11) is 0. The molecule has 0 spiro atoms. The molecule has 3 nitrogen and oxygen atoms in total. The molecule has 0 atom stereocenters. The lowest BCUT2D eigenvalue weighted by Crippen LogP contribution is -2.16. The second-order valence-electron chi connectivity index (χ2n) is 8.15. The number of benzene rings is 2. The van der Waals surface area contributed by atoms with Crippen LogP contribution in [-0.4, -0.2) is 14.5 Å². The quantitative estimate of drug-likeness (QED) is 0.389. The van der Waals surface area contributed by atoms with Crippen molar-refractivity contribution in [1.82, 2.24) is 14.5 Å². The zero-order valence-electron chi connectivity index (χ0n) is 17.1. The summed E-state index contributed by atoms with van der Waals surface area (Å²) in [6.45, 7) is 0. The van der Waals surface area contributed by atoms with Crippen molar-refractivity contribution in [2.24, 2.45) is 0 Å². The average Bonchev–Trinajstić information content (AvgIpc) is 3.17. The van der Waals surface area contributed by atoms with Crippen LogP contribution in [0.3, 0.4) is 0 Å². The standard InChI is InChI=1S/C27H25N3/c1-2-26-28-19-23-18-25(30(27(23)29-26)24-11-7-4-8-12-24)17-20-13-15-22(16-14-20)21-9-5-3-6-10-21/h1,3,5-6,9-10,13-16,18-19,24H,4,7-8,11-12,17H2. The Morgan fingerprint density at radius 1 is 0.933 bits per heavy atom. The summed E-state index contributed by atoms with van der Waals surface area (Å²) in [5, 5.41) is 1.08. The molecule has 0 bridgehead atoms. The number of nitrogens with zero attached hydrogens (tertiary/aromatic N) is 3. The maximum absolute atomic E-state index is 5.58. The predicted molar refractivity (Wildman–Crippen MR) is 122 cm³/mol. The van der Waals surface area contributed by atoms with Crippen LogP contribution in [0.15, 0.2) is 66.9 Å². The number of terminal acetylenes is 1. The van der Waals surface area contributed by atoms with E-state index in [0.29, 0.717) is 11.9 Å². The fourth-order valence-electron chi connectivity index (χ4n) is 4.67. The van der Waals surface area contributed by atoms with Crippen LogP contribution in [0.25, 0.3) is 22.2 Å². The molecule has 0 radical (unpaired) electrons. The predicted octanol–water partition coefficient (Wildman–Crippen LogP) is 6.18. The number of hydrogen-bond donors (Lipinski definition) is 0. The molecule has 4 aromatic rings. The van der Waals surface area contributed by atoms with E-state index in [1.165, 1.54) is 54.5 Å². The molecule has 0 unspecified atom stereocenters. The molecule has 0 N–H and O–H groups in total. The van der Waals surface area contributed by atoms with Crippen molar-refractivity contribution in [2.45, 2.75) is 44.6 Å². The number of fused-ring (bicyclic) bond motifs is 1. The van der Waals surface area contributed by atoms with Gasteiger partial charge in [-0.05, 0) is 41.5 Å². The molecular formula is C27H25N3. The van der Waals surface area contributed by atoms with Gasteiger partial charge in [0.15, 0.2) is 0 Å². The van der Waals surface area contributed by atoms with E-state index in [1.54, 1.807) is 0 Å². The Bertz CT molecular complexity index is 1190. The van der Waals surface area contributed by atoms with Crippen molar-refractivity contribution in [3.8, 4) is 23.5 Å². The summed E-state index contributed by atoms with van der Waals surface area (Å²) < 4.78 is 2.45. The number of rotatable bonds is 4. The molecule has 0 aliphatic heterocycles. The minimum Gasteiger partial charge on any atom is -0.326 e. The van der Waals surface area contributed by atoms with Crippen LogP contribution in [0.2, 0.25) is 0 Å². The Balaban J connectivity index is 1.51. The van der Waals surface area contributed by atoms with Gasteiger partial charge in [0.1, 0.15) is 5.65 Å². The summed E-state index contributed by atoms with van der Waals surface area (Å²) in [6, 6.07) is 22.2. The highest BCUT2D eigenvalue weighted by Gasteiger charge is 2.21. The van der Waals surface area contributed by atoms with E-state index < -0.39 is 0 Å². The first-order valence-electron chi connectivity index (χ1n) is 10.8. The van der Waals surface area contributed by atoms with Crippen LogP contribution < -0.4 is 0 Å². The molecule has 30 heavy (non-hydrogen) atoms. The lowest BCUT2D eigenvalue weighted by atomic mass is 9.95. The first-order chi connectivity index (χ1) is 14.8. The van der Waals surface area contributed by atoms with E-state index in [4.69, 9.17) is 11.4 Å². The maximum atomic E-state index is 5.58. The van der Waals surface area contributed by atoms with Gasteiger partial charge >= 0.3 is 0 Å². The van der Waals surface area contributed by atoms with Gasteiger partial charge in [0.25, 0.3) is 0 Å². The fourth-order valence-corrected chi connectivity index (χ4v) is 4.67. The van der Waals surface area contributed by atoms with E-state index in [2.05, 4.69) is 76.1 Å². The Kier molecular flexibility index (Phi) is 5.07. The van der Waals surface area contributed by atoms with Gasteiger partial charge in [-0.2, -0.15) is 0 Å². The van der Waals surface area contributed by atoms with Crippen molar-refractivity contribution in [3.05, 3.63) is 83.9 Å². The monoisotopic (exact) mass is 391 g/mol. The van der Waals surface area contributed by atoms with Crippen LogP contribution in [-0.2, 0) is 6.42 Å². The summed E-state index contributed by atoms with van der Waals surface area (Å²) >= 11 is 0. The van der Waals surface area contributed by atoms with Gasteiger partial charge in [-0.25, -0.2) is 9.97 Å². The van der Waals surface area contributed by atoms with E-state index in [1.807, 2.05) is 6.20 Å². The van der Waals surface area contributed by atoms with Gasteiger partial charge in [-0.3, -0.25) is 0 Å². The lowest BCUT2D eigenvalue weighted by molar-refractivity contribution is 0.354. The highest BCUT2D eigenvalue weighted by molar-refractivity contribution is 5.77. The first kappa shape index (κ1) is 18.6. The Morgan fingerprint density at radius 3 is 2.40 bits per heavy atom. The molecule has 3 heteroatoms. The summed E-state index contributed by atoms with van der Waals surface area (Å²) in [4.78, 5) is 9.02. The Hall–Kier alpha value is -3.38. The van der Waals surface area contributed by atoms with E-state index in [9.17, 15) is 0 Å². The lowest BCUT2D eigenvalue weighted by Gasteiger charge is -2.26. The van der Waals surface area contributed by atoms with Crippen LogP contribution in [0, 0.1) is 12.3 Å². The van der Waals surface area contributed by atoms with Crippen LogP contribution in [0.4, 0.5) is 0 Å². The molecule has 1 saturated carbocycles. The topological polar surface area (TPSA) is 30.7 Å². The minimum absolute atomic E-state index is 0.469. The second-order valence-corrected chi connectivity index (χ2v) is 8.15. The molecule has 1 aliphatic carbocycles. The average molecular weight is 392 g/mol. The largest absolute Gasteiger partial charge is 0.326 e. The molecule has 0 saturated heterocycles. The first-order valence-corrected chi connectivity index (χ1v) is 10.8. The highest BCUT2D eigenvalue weighted by atomic mass is 15.1. The van der Waals surface area contributed by atoms with Gasteiger partial charge in [0, 0.05) is 29.7 Å². The number of hydrogen-bond acceptors (Lipinski definition) is 2. The molecule has 5 rings (SSSR count). The SMILES string of the molecule is C#Cc1ncc2cc(Cc3ccc(-c4ccccc4)cc3)n(C3CCCCC3)c2n1. The van der Waals surface area contributed by atoms with Gasteiger partial charge in [0.05, 0.1) is 0 Å². The molecule has 1 fully saturated rings. The zero-order valence-corrected chi connectivity index (χ0v) is 17.1. The Labute approximate surface area is 177 Å². The van der Waals surface area contributed by atoms with Crippen molar-refractivity contribution in [1.29, 1.82) is 0 Å².